The number of benzene rings is 7. The molecule has 7 aromatic carbocycles. The van der Waals surface area contributed by atoms with Crippen molar-refractivity contribution >= 4 is 68.2 Å². The highest BCUT2D eigenvalue weighted by molar-refractivity contribution is 7.67. The molecule has 0 radical (unpaired) electrons. The summed E-state index contributed by atoms with van der Waals surface area (Å²) in [6.07, 6.45) is 0. The summed E-state index contributed by atoms with van der Waals surface area (Å²) in [4.78, 5) is 0. The lowest BCUT2D eigenvalue weighted by Crippen LogP contribution is -2.94. The summed E-state index contributed by atoms with van der Waals surface area (Å²) in [5.41, 5.74) is 1.89. The number of rotatable bonds is 5. The molecule has 46 heavy (non-hydrogen) atoms. The SMILES string of the molecule is c1ccc([Si]2([Si](c3ccccc3)(c3ccccc3)c3cccc4c3oc3ccccc34)c3ccccc3Oc3ccccc32)cc1. The second-order valence-corrected chi connectivity index (χ2v) is 22.8. The zero-order valence-electron chi connectivity index (χ0n) is 25.1. The molecule has 0 bridgehead atoms. The highest BCUT2D eigenvalue weighted by Crippen LogP contribution is 2.36. The normalized spacial score (nSPS) is 13.6. The van der Waals surface area contributed by atoms with Gasteiger partial charge in [-0.25, -0.2) is 0 Å². The van der Waals surface area contributed by atoms with Crippen LogP contribution < -0.4 is 35.9 Å². The van der Waals surface area contributed by atoms with E-state index in [1.54, 1.807) is 0 Å². The fraction of sp³-hybridized carbons (Fsp3) is 0. The summed E-state index contributed by atoms with van der Waals surface area (Å²) in [7, 11) is -6.29. The highest BCUT2D eigenvalue weighted by atomic mass is 29.3. The average molecular weight is 623 g/mol. The van der Waals surface area contributed by atoms with Gasteiger partial charge in [0.25, 0.3) is 0 Å². The lowest BCUT2D eigenvalue weighted by Gasteiger charge is -2.52. The minimum Gasteiger partial charge on any atom is -0.458 e. The molecule has 1 aromatic heterocycles. The average Bonchev–Trinajstić information content (AvgIpc) is 3.52. The van der Waals surface area contributed by atoms with Crippen LogP contribution in [0.2, 0.25) is 0 Å². The van der Waals surface area contributed by atoms with Crippen LogP contribution >= 0.6 is 0 Å². The van der Waals surface area contributed by atoms with E-state index >= 15 is 0 Å². The smallest absolute Gasteiger partial charge is 0.164 e. The number of hydrogen-bond acceptors (Lipinski definition) is 2. The Morgan fingerprint density at radius 2 is 0.913 bits per heavy atom. The quantitative estimate of drug-likeness (QED) is 0.164. The summed E-state index contributed by atoms with van der Waals surface area (Å²) in [6, 6.07) is 66.8. The first-order valence-electron chi connectivity index (χ1n) is 15.8. The molecule has 1 aliphatic heterocycles. The maximum atomic E-state index is 7.01. The van der Waals surface area contributed by atoms with E-state index in [-0.39, 0.29) is 0 Å². The topological polar surface area (TPSA) is 22.4 Å². The van der Waals surface area contributed by atoms with Gasteiger partial charge in [0.15, 0.2) is 15.2 Å². The molecule has 4 heteroatoms. The van der Waals surface area contributed by atoms with Gasteiger partial charge in [0, 0.05) is 10.8 Å². The summed E-state index contributed by atoms with van der Waals surface area (Å²) < 4.78 is 13.8. The Labute approximate surface area is 270 Å². The highest BCUT2D eigenvalue weighted by Gasteiger charge is 2.65. The van der Waals surface area contributed by atoms with E-state index in [4.69, 9.17) is 9.15 Å². The second-order valence-electron chi connectivity index (χ2n) is 12.0. The number of ether oxygens (including phenoxy) is 1. The lowest BCUT2D eigenvalue weighted by molar-refractivity contribution is 0.487. The number of para-hydroxylation sites is 4. The van der Waals surface area contributed by atoms with Crippen molar-refractivity contribution in [2.24, 2.45) is 0 Å². The van der Waals surface area contributed by atoms with Crippen LogP contribution in [0.1, 0.15) is 0 Å². The molecule has 0 saturated heterocycles. The summed E-state index contributed by atoms with van der Waals surface area (Å²) in [5, 5.41) is 10.3. The van der Waals surface area contributed by atoms with Crippen LogP contribution in [0.25, 0.3) is 21.9 Å². The number of hydrogen-bond donors (Lipinski definition) is 0. The second kappa shape index (κ2) is 10.6. The van der Waals surface area contributed by atoms with Crippen molar-refractivity contribution in [3.63, 3.8) is 0 Å². The van der Waals surface area contributed by atoms with Gasteiger partial charge in [0.1, 0.15) is 22.7 Å². The molecule has 9 rings (SSSR count). The van der Waals surface area contributed by atoms with Crippen molar-refractivity contribution in [2.45, 2.75) is 0 Å². The fourth-order valence-corrected chi connectivity index (χ4v) is 28.0. The van der Waals surface area contributed by atoms with Crippen molar-refractivity contribution in [3.05, 3.63) is 182 Å². The van der Waals surface area contributed by atoms with Crippen LogP contribution in [0.5, 0.6) is 11.5 Å². The third-order valence-corrected chi connectivity index (χ3v) is 26.6. The van der Waals surface area contributed by atoms with E-state index in [0.717, 1.165) is 33.4 Å². The van der Waals surface area contributed by atoms with Gasteiger partial charge in [-0.15, -0.1) is 0 Å². The maximum absolute atomic E-state index is 7.01. The largest absolute Gasteiger partial charge is 0.458 e. The molecule has 2 nitrogen and oxygen atoms in total. The van der Waals surface area contributed by atoms with Gasteiger partial charge in [-0.3, -0.25) is 0 Å². The number of furan rings is 1. The molecule has 0 atom stereocenters. The first-order chi connectivity index (χ1) is 22.8. The third-order valence-electron chi connectivity index (χ3n) is 9.79. The standard InChI is InChI=1S/C42H30O2Si2/c1-4-17-31(18-5-1)45(32-19-6-2-7-20-32,41-30-16-24-35-34-23-10-11-25-36(34)44-42(35)41)46(33-21-8-3-9-22-33)39-28-14-12-26-37(39)43-38-27-13-15-29-40(38)46/h1-30H. The fourth-order valence-electron chi connectivity index (χ4n) is 8.15. The molecule has 0 unspecified atom stereocenters. The maximum Gasteiger partial charge on any atom is 0.164 e. The van der Waals surface area contributed by atoms with Gasteiger partial charge in [0.2, 0.25) is 0 Å². The summed E-state index contributed by atoms with van der Waals surface area (Å²) in [5.74, 6) is 1.88. The van der Waals surface area contributed by atoms with Gasteiger partial charge < -0.3 is 9.15 Å². The summed E-state index contributed by atoms with van der Waals surface area (Å²) in [6.45, 7) is 0. The van der Waals surface area contributed by atoms with E-state index in [9.17, 15) is 0 Å². The number of fused-ring (bicyclic) bond motifs is 5. The van der Waals surface area contributed by atoms with Crippen molar-refractivity contribution < 1.29 is 9.15 Å². The molecule has 218 valence electrons. The molecule has 0 aliphatic carbocycles. The van der Waals surface area contributed by atoms with Crippen LogP contribution in [0.3, 0.4) is 0 Å². The Morgan fingerprint density at radius 3 is 1.54 bits per heavy atom. The first-order valence-corrected chi connectivity index (χ1v) is 20.8. The van der Waals surface area contributed by atoms with Crippen LogP contribution in [0.4, 0.5) is 0 Å². The van der Waals surface area contributed by atoms with E-state index in [0.29, 0.717) is 0 Å². The van der Waals surface area contributed by atoms with Gasteiger partial charge in [-0.1, -0.05) is 179 Å². The van der Waals surface area contributed by atoms with Crippen LogP contribution in [0.15, 0.2) is 186 Å². The van der Waals surface area contributed by atoms with Crippen molar-refractivity contribution in [1.82, 2.24) is 0 Å². The van der Waals surface area contributed by atoms with Crippen LogP contribution in [-0.4, -0.2) is 15.2 Å². The van der Waals surface area contributed by atoms with Crippen LogP contribution in [0, 0.1) is 0 Å². The predicted molar refractivity (Wildman–Crippen MR) is 195 cm³/mol. The van der Waals surface area contributed by atoms with E-state index in [2.05, 4.69) is 182 Å². The first kappa shape index (κ1) is 26.9. The molecule has 0 spiro atoms. The van der Waals surface area contributed by atoms with E-state index in [1.165, 1.54) is 31.1 Å². The molecule has 0 N–H and O–H groups in total. The van der Waals surface area contributed by atoms with Crippen molar-refractivity contribution in [2.75, 3.05) is 0 Å². The van der Waals surface area contributed by atoms with Gasteiger partial charge >= 0.3 is 0 Å². The third kappa shape index (κ3) is 3.62. The van der Waals surface area contributed by atoms with Gasteiger partial charge in [-0.05, 0) is 33.8 Å². The Morgan fingerprint density at radius 1 is 0.413 bits per heavy atom. The minimum absolute atomic E-state index is 0.914. The van der Waals surface area contributed by atoms with Gasteiger partial charge in [0.05, 0.1) is 0 Å². The lowest BCUT2D eigenvalue weighted by atomic mass is 10.1. The molecular formula is C42H30O2Si2. The van der Waals surface area contributed by atoms with E-state index in [1.807, 2.05) is 0 Å². The molecule has 0 amide bonds. The molecule has 1 aliphatic rings. The Bertz CT molecular complexity index is 2260. The minimum atomic E-state index is -3.18. The predicted octanol–water partition coefficient (Wildman–Crippen LogP) is 6.41. The van der Waals surface area contributed by atoms with Crippen LogP contribution in [-0.2, 0) is 0 Å². The summed E-state index contributed by atoms with van der Waals surface area (Å²) >= 11 is 0. The molecule has 8 aromatic rings. The monoisotopic (exact) mass is 622 g/mol. The van der Waals surface area contributed by atoms with E-state index < -0.39 is 15.2 Å². The molecule has 2 heterocycles. The Balaban J connectivity index is 1.61. The van der Waals surface area contributed by atoms with Crippen molar-refractivity contribution in [3.8, 4) is 11.5 Å². The molecule has 0 saturated carbocycles. The Hall–Kier alpha value is -5.43. The van der Waals surface area contributed by atoms with Gasteiger partial charge in [-0.2, -0.15) is 0 Å². The molecule has 0 fully saturated rings. The zero-order valence-corrected chi connectivity index (χ0v) is 27.1. The Kier molecular flexibility index (Phi) is 6.20. The molecular weight excluding hydrogens is 593 g/mol. The van der Waals surface area contributed by atoms with Crippen molar-refractivity contribution in [1.29, 1.82) is 0 Å². The zero-order chi connectivity index (χ0) is 30.6.